The molecule has 0 spiro atoms. The zero-order chi connectivity index (χ0) is 22.8. The highest BCUT2D eigenvalue weighted by atomic mass is 35.5. The third-order valence-electron chi connectivity index (χ3n) is 6.45. The normalized spacial score (nSPS) is 27.3. The summed E-state index contributed by atoms with van der Waals surface area (Å²) in [6.07, 6.45) is 0. The number of nitrogens with zero attached hydrogens (tertiary/aromatic N) is 1. The number of aliphatic hydroxyl groups is 1. The van der Waals surface area contributed by atoms with Crippen LogP contribution in [0.5, 0.6) is 0 Å². The van der Waals surface area contributed by atoms with E-state index in [1.807, 2.05) is 12.1 Å². The average molecular weight is 455 g/mol. The van der Waals surface area contributed by atoms with Gasteiger partial charge in [0.25, 0.3) is 0 Å². The Morgan fingerprint density at radius 3 is 2.59 bits per heavy atom. The van der Waals surface area contributed by atoms with Crippen molar-refractivity contribution >= 4 is 46.0 Å². The molecule has 5 rings (SSSR count). The minimum Gasteiger partial charge on any atom is -0.480 e. The van der Waals surface area contributed by atoms with Crippen molar-refractivity contribution in [3.05, 3.63) is 64.9 Å². The van der Waals surface area contributed by atoms with Crippen LogP contribution >= 0.6 is 11.6 Å². The molecule has 1 aromatic heterocycles. The third kappa shape index (κ3) is 2.73. The summed E-state index contributed by atoms with van der Waals surface area (Å²) >= 11 is 6.20. The Morgan fingerprint density at radius 2 is 1.94 bits per heavy atom. The minimum atomic E-state index is -2.04. The van der Waals surface area contributed by atoms with Crippen LogP contribution in [0.25, 0.3) is 11.0 Å². The van der Waals surface area contributed by atoms with Gasteiger partial charge in [-0.1, -0.05) is 35.9 Å². The van der Waals surface area contributed by atoms with Gasteiger partial charge in [0.2, 0.25) is 11.8 Å². The highest BCUT2D eigenvalue weighted by Crippen LogP contribution is 2.50. The van der Waals surface area contributed by atoms with Crippen molar-refractivity contribution in [2.24, 2.45) is 11.8 Å². The molecule has 2 aromatic carbocycles. The third-order valence-corrected chi connectivity index (χ3v) is 6.86. The predicted octanol–water partition coefficient (Wildman–Crippen LogP) is 2.66. The summed E-state index contributed by atoms with van der Waals surface area (Å²) in [5.74, 6) is -4.78. The zero-order valence-electron chi connectivity index (χ0n) is 16.9. The van der Waals surface area contributed by atoms with Crippen LogP contribution in [0.2, 0.25) is 5.02 Å². The Balaban J connectivity index is 1.65. The quantitative estimate of drug-likeness (QED) is 0.518. The molecule has 0 aliphatic carbocycles. The maximum atomic E-state index is 13.5. The standard InChI is InChI=1S/C23H19ClN2O6/c1-11-6-7-13(9-14(11)24)26-20(28)17-18(21(26)29)23(10-27,22(30)31)25-19(17)16-8-12-4-2-3-5-15(12)32-16/h2-9,17-19,25,27H,10H2,1H3,(H,30,31). The van der Waals surface area contributed by atoms with Crippen LogP contribution in [-0.4, -0.2) is 40.1 Å². The van der Waals surface area contributed by atoms with E-state index in [-0.39, 0.29) is 5.69 Å². The lowest BCUT2D eigenvalue weighted by Gasteiger charge is -2.28. The summed E-state index contributed by atoms with van der Waals surface area (Å²) in [6, 6.07) is 12.8. The van der Waals surface area contributed by atoms with Gasteiger partial charge in [-0.05, 0) is 36.8 Å². The number of benzene rings is 2. The SMILES string of the molecule is Cc1ccc(N2C(=O)C3C(c4cc5ccccc5o4)NC(CO)(C(=O)O)C3C2=O)cc1Cl. The molecule has 4 unspecified atom stereocenters. The number of aliphatic carboxylic acids is 1. The van der Waals surface area contributed by atoms with Crippen molar-refractivity contribution in [2.75, 3.05) is 11.5 Å². The van der Waals surface area contributed by atoms with Crippen molar-refractivity contribution in [3.63, 3.8) is 0 Å². The van der Waals surface area contributed by atoms with Crippen LogP contribution < -0.4 is 10.2 Å². The van der Waals surface area contributed by atoms with Gasteiger partial charge < -0.3 is 14.6 Å². The Bertz CT molecular complexity index is 1250. The van der Waals surface area contributed by atoms with E-state index in [2.05, 4.69) is 5.32 Å². The van der Waals surface area contributed by atoms with Gasteiger partial charge >= 0.3 is 5.97 Å². The number of carboxylic acid groups (broad SMARTS) is 1. The fourth-order valence-electron chi connectivity index (χ4n) is 4.79. The van der Waals surface area contributed by atoms with E-state index < -0.39 is 47.8 Å². The highest BCUT2D eigenvalue weighted by Gasteiger charge is 2.69. The molecule has 0 radical (unpaired) electrons. The number of aliphatic hydroxyl groups excluding tert-OH is 1. The van der Waals surface area contributed by atoms with E-state index in [0.29, 0.717) is 16.4 Å². The Hall–Kier alpha value is -3.20. The molecule has 3 heterocycles. The Kier molecular flexibility index (Phi) is 4.63. The van der Waals surface area contributed by atoms with Gasteiger partial charge in [0.15, 0.2) is 5.54 Å². The number of hydrogen-bond donors (Lipinski definition) is 3. The first-order valence-corrected chi connectivity index (χ1v) is 10.4. The number of rotatable bonds is 4. The number of para-hydroxylation sites is 1. The molecule has 2 amide bonds. The molecule has 3 aromatic rings. The fourth-order valence-corrected chi connectivity index (χ4v) is 4.96. The minimum absolute atomic E-state index is 0.255. The van der Waals surface area contributed by atoms with Crippen LogP contribution in [0.4, 0.5) is 5.69 Å². The van der Waals surface area contributed by atoms with Crippen molar-refractivity contribution in [3.8, 4) is 0 Å². The number of hydrogen-bond acceptors (Lipinski definition) is 6. The lowest BCUT2D eigenvalue weighted by molar-refractivity contribution is -0.150. The first-order valence-electron chi connectivity index (χ1n) is 10.0. The maximum absolute atomic E-state index is 13.5. The number of amides is 2. The number of carboxylic acids is 1. The molecule has 2 aliphatic rings. The van der Waals surface area contributed by atoms with Crippen molar-refractivity contribution in [2.45, 2.75) is 18.5 Å². The first-order chi connectivity index (χ1) is 15.3. The van der Waals surface area contributed by atoms with E-state index in [1.54, 1.807) is 37.3 Å². The van der Waals surface area contributed by atoms with E-state index in [9.17, 15) is 24.6 Å². The van der Waals surface area contributed by atoms with Crippen molar-refractivity contribution < 1.29 is 29.0 Å². The number of carbonyl (C=O) groups excluding carboxylic acids is 2. The van der Waals surface area contributed by atoms with Gasteiger partial charge in [-0.2, -0.15) is 0 Å². The molecule has 2 fully saturated rings. The monoisotopic (exact) mass is 454 g/mol. The molecule has 3 N–H and O–H groups in total. The van der Waals surface area contributed by atoms with Gasteiger partial charge in [0.05, 0.1) is 30.2 Å². The molecular formula is C23H19ClN2O6. The van der Waals surface area contributed by atoms with Crippen LogP contribution in [0.1, 0.15) is 17.4 Å². The average Bonchev–Trinajstić information content (AvgIpc) is 3.42. The maximum Gasteiger partial charge on any atom is 0.327 e. The number of nitrogens with one attached hydrogen (secondary N) is 1. The molecule has 2 aliphatic heterocycles. The van der Waals surface area contributed by atoms with Crippen LogP contribution in [-0.2, 0) is 14.4 Å². The summed E-state index contributed by atoms with van der Waals surface area (Å²) in [5.41, 5.74) is -0.446. The lowest BCUT2D eigenvalue weighted by Crippen LogP contribution is -2.58. The summed E-state index contributed by atoms with van der Waals surface area (Å²) in [4.78, 5) is 40.2. The zero-order valence-corrected chi connectivity index (χ0v) is 17.7. The molecule has 8 nitrogen and oxygen atoms in total. The molecular weight excluding hydrogens is 436 g/mol. The number of halogens is 1. The lowest BCUT2D eigenvalue weighted by atomic mass is 9.80. The van der Waals surface area contributed by atoms with E-state index in [0.717, 1.165) is 15.8 Å². The number of anilines is 1. The van der Waals surface area contributed by atoms with E-state index in [1.165, 1.54) is 6.07 Å². The van der Waals surface area contributed by atoms with Crippen LogP contribution in [0.15, 0.2) is 52.9 Å². The summed E-state index contributed by atoms with van der Waals surface area (Å²) in [6.45, 7) is 0.916. The van der Waals surface area contributed by atoms with Crippen molar-refractivity contribution in [1.82, 2.24) is 5.32 Å². The molecule has 4 atom stereocenters. The molecule has 32 heavy (non-hydrogen) atoms. The van der Waals surface area contributed by atoms with E-state index in [4.69, 9.17) is 16.0 Å². The second kappa shape index (κ2) is 7.16. The molecule has 164 valence electrons. The van der Waals surface area contributed by atoms with Crippen LogP contribution in [0, 0.1) is 18.8 Å². The number of fused-ring (bicyclic) bond motifs is 2. The first kappa shape index (κ1) is 20.7. The smallest absolute Gasteiger partial charge is 0.327 e. The number of imide groups is 1. The molecule has 0 saturated carbocycles. The Labute approximate surface area is 187 Å². The molecule has 0 bridgehead atoms. The largest absolute Gasteiger partial charge is 0.480 e. The topological polar surface area (TPSA) is 120 Å². The summed E-state index contributed by atoms with van der Waals surface area (Å²) in [5, 5.41) is 24.1. The van der Waals surface area contributed by atoms with Crippen molar-refractivity contribution in [1.29, 1.82) is 0 Å². The van der Waals surface area contributed by atoms with Gasteiger partial charge in [0.1, 0.15) is 11.3 Å². The molecule has 9 heteroatoms. The predicted molar refractivity (Wildman–Crippen MR) is 115 cm³/mol. The van der Waals surface area contributed by atoms with Gasteiger partial charge in [-0.15, -0.1) is 0 Å². The Morgan fingerprint density at radius 1 is 1.19 bits per heavy atom. The summed E-state index contributed by atoms with van der Waals surface area (Å²) in [7, 11) is 0. The number of carbonyl (C=O) groups is 3. The molecule has 2 saturated heterocycles. The van der Waals surface area contributed by atoms with E-state index >= 15 is 0 Å². The fraction of sp³-hybridized carbons (Fsp3) is 0.261. The highest BCUT2D eigenvalue weighted by molar-refractivity contribution is 6.32. The van der Waals surface area contributed by atoms with Gasteiger partial charge in [-0.3, -0.25) is 19.7 Å². The second-order valence-electron chi connectivity index (χ2n) is 8.19. The number of furan rings is 1. The summed E-state index contributed by atoms with van der Waals surface area (Å²) < 4.78 is 5.90. The number of aryl methyl sites for hydroxylation is 1. The van der Waals surface area contributed by atoms with Gasteiger partial charge in [0, 0.05) is 10.4 Å². The van der Waals surface area contributed by atoms with Crippen LogP contribution in [0.3, 0.4) is 0 Å². The second-order valence-corrected chi connectivity index (χ2v) is 8.60. The van der Waals surface area contributed by atoms with Gasteiger partial charge in [-0.25, -0.2) is 4.90 Å².